The largest absolute Gasteiger partial charge is 0.493 e. The summed E-state index contributed by atoms with van der Waals surface area (Å²) < 4.78 is 16.1. The van der Waals surface area contributed by atoms with Crippen LogP contribution in [0.2, 0.25) is 0 Å². The predicted octanol–water partition coefficient (Wildman–Crippen LogP) is 3.59. The molecule has 1 N–H and O–H groups in total. The van der Waals surface area contributed by atoms with Crippen LogP contribution in [-0.2, 0) is 17.9 Å². The van der Waals surface area contributed by atoms with Crippen molar-refractivity contribution in [2.75, 3.05) is 27.3 Å². The number of aromatic nitrogens is 2. The Morgan fingerprint density at radius 2 is 1.94 bits per heavy atom. The Bertz CT molecular complexity index is 1080. The van der Waals surface area contributed by atoms with Crippen LogP contribution in [0.15, 0.2) is 47.0 Å². The molecule has 0 radical (unpaired) electrons. The van der Waals surface area contributed by atoms with Gasteiger partial charge in [-0.15, -0.1) is 0 Å². The van der Waals surface area contributed by atoms with Crippen LogP contribution in [0.4, 0.5) is 0 Å². The number of methoxy groups -OCH3 is 2. The number of amides is 1. The highest BCUT2D eigenvalue weighted by molar-refractivity contribution is 5.79. The summed E-state index contributed by atoms with van der Waals surface area (Å²) in [7, 11) is 3.19. The molecule has 0 bridgehead atoms. The molecule has 1 aromatic heterocycles. The third-order valence-electron chi connectivity index (χ3n) is 5.93. The first-order valence-electron chi connectivity index (χ1n) is 11.2. The monoisotopic (exact) mass is 450 g/mol. The van der Waals surface area contributed by atoms with Crippen LogP contribution in [-0.4, -0.2) is 48.3 Å². The highest BCUT2D eigenvalue weighted by Gasteiger charge is 2.27. The third-order valence-corrected chi connectivity index (χ3v) is 5.93. The first-order chi connectivity index (χ1) is 16.1. The van der Waals surface area contributed by atoms with E-state index in [1.54, 1.807) is 14.2 Å². The van der Waals surface area contributed by atoms with Crippen LogP contribution < -0.4 is 14.8 Å². The molecule has 2 aromatic carbocycles. The Labute approximate surface area is 193 Å². The molecule has 2 heterocycles. The number of nitrogens with one attached hydrogen (secondary N) is 1. The van der Waals surface area contributed by atoms with E-state index in [9.17, 15) is 4.79 Å². The molecular weight excluding hydrogens is 420 g/mol. The Hall–Kier alpha value is -3.39. The number of hydrogen-bond acceptors (Lipinski definition) is 7. The van der Waals surface area contributed by atoms with Crippen LogP contribution in [0.25, 0.3) is 11.4 Å². The molecule has 33 heavy (non-hydrogen) atoms. The molecule has 1 aliphatic rings. The van der Waals surface area contributed by atoms with Crippen molar-refractivity contribution in [3.63, 3.8) is 0 Å². The zero-order chi connectivity index (χ0) is 23.2. The number of hydrogen-bond donors (Lipinski definition) is 1. The van der Waals surface area contributed by atoms with Crippen LogP contribution in [0.5, 0.6) is 11.5 Å². The Balaban J connectivity index is 1.33. The minimum absolute atomic E-state index is 0.0440. The molecule has 1 saturated heterocycles. The summed E-state index contributed by atoms with van der Waals surface area (Å²) in [6.07, 6.45) is 1.84. The second kappa shape index (κ2) is 10.5. The van der Waals surface area contributed by atoms with E-state index in [2.05, 4.69) is 39.4 Å². The van der Waals surface area contributed by atoms with Gasteiger partial charge in [-0.2, -0.15) is 4.98 Å². The smallest absolute Gasteiger partial charge is 0.241 e. The zero-order valence-corrected chi connectivity index (χ0v) is 19.3. The molecule has 8 nitrogen and oxygen atoms in total. The number of nitrogens with zero attached hydrogens (tertiary/aromatic N) is 3. The molecule has 8 heteroatoms. The summed E-state index contributed by atoms with van der Waals surface area (Å²) in [5, 5.41) is 7.20. The number of likely N-dealkylation sites (tertiary alicyclic amines) is 1. The lowest BCUT2D eigenvalue weighted by atomic mass is 9.97. The molecule has 1 fully saturated rings. The number of carbonyl (C=O) groups excluding carboxylic acids is 1. The minimum atomic E-state index is -0.0440. The van der Waals surface area contributed by atoms with Crippen LogP contribution in [0.3, 0.4) is 0 Å². The molecule has 1 atom stereocenters. The van der Waals surface area contributed by atoms with Crippen molar-refractivity contribution in [2.24, 2.45) is 5.92 Å². The van der Waals surface area contributed by atoms with Gasteiger partial charge in [0.1, 0.15) is 0 Å². The van der Waals surface area contributed by atoms with Gasteiger partial charge in [-0.25, -0.2) is 0 Å². The lowest BCUT2D eigenvalue weighted by molar-refractivity contribution is -0.127. The molecule has 0 saturated carbocycles. The van der Waals surface area contributed by atoms with E-state index in [4.69, 9.17) is 14.0 Å². The van der Waals surface area contributed by atoms with Crippen LogP contribution >= 0.6 is 0 Å². The maximum atomic E-state index is 12.7. The van der Waals surface area contributed by atoms with E-state index in [1.165, 1.54) is 5.56 Å². The highest BCUT2D eigenvalue weighted by Crippen LogP contribution is 2.31. The fourth-order valence-electron chi connectivity index (χ4n) is 4.06. The number of benzene rings is 2. The molecule has 1 amide bonds. The van der Waals surface area contributed by atoms with Gasteiger partial charge in [-0.1, -0.05) is 35.0 Å². The molecule has 174 valence electrons. The second-order valence-corrected chi connectivity index (χ2v) is 8.36. The average molecular weight is 451 g/mol. The summed E-state index contributed by atoms with van der Waals surface area (Å²) in [4.78, 5) is 19.5. The predicted molar refractivity (Wildman–Crippen MR) is 124 cm³/mol. The Morgan fingerprint density at radius 3 is 2.70 bits per heavy atom. The zero-order valence-electron chi connectivity index (χ0n) is 19.3. The van der Waals surface area contributed by atoms with Crippen molar-refractivity contribution in [1.82, 2.24) is 20.4 Å². The number of piperidine rings is 1. The third kappa shape index (κ3) is 5.70. The van der Waals surface area contributed by atoms with E-state index in [0.717, 1.165) is 30.5 Å². The maximum Gasteiger partial charge on any atom is 0.241 e. The highest BCUT2D eigenvalue weighted by atomic mass is 16.5. The normalized spacial score (nSPS) is 16.4. The quantitative estimate of drug-likeness (QED) is 0.561. The van der Waals surface area contributed by atoms with Gasteiger partial charge in [0.25, 0.3) is 0 Å². The van der Waals surface area contributed by atoms with Crippen molar-refractivity contribution < 1.29 is 18.8 Å². The summed E-state index contributed by atoms with van der Waals surface area (Å²) >= 11 is 0. The fourth-order valence-corrected chi connectivity index (χ4v) is 4.06. The number of ether oxygens (including phenoxy) is 2. The van der Waals surface area contributed by atoms with Gasteiger partial charge in [0.05, 0.1) is 26.7 Å². The second-order valence-electron chi connectivity index (χ2n) is 8.36. The molecule has 1 unspecified atom stereocenters. The van der Waals surface area contributed by atoms with Gasteiger partial charge >= 0.3 is 0 Å². The van der Waals surface area contributed by atoms with Crippen molar-refractivity contribution in [1.29, 1.82) is 0 Å². The molecule has 0 aliphatic carbocycles. The van der Waals surface area contributed by atoms with E-state index >= 15 is 0 Å². The molecule has 1 aliphatic heterocycles. The number of carbonyl (C=O) groups is 1. The van der Waals surface area contributed by atoms with Crippen molar-refractivity contribution in [3.8, 4) is 22.9 Å². The minimum Gasteiger partial charge on any atom is -0.493 e. The van der Waals surface area contributed by atoms with Gasteiger partial charge < -0.3 is 19.3 Å². The van der Waals surface area contributed by atoms with Crippen LogP contribution in [0.1, 0.15) is 29.9 Å². The number of rotatable bonds is 8. The van der Waals surface area contributed by atoms with Gasteiger partial charge in [-0.05, 0) is 50.1 Å². The summed E-state index contributed by atoms with van der Waals surface area (Å²) in [6.45, 7) is 4.69. The summed E-state index contributed by atoms with van der Waals surface area (Å²) in [5.74, 6) is 2.33. The van der Waals surface area contributed by atoms with E-state index in [1.807, 2.05) is 30.3 Å². The molecule has 4 rings (SSSR count). The van der Waals surface area contributed by atoms with E-state index < -0.39 is 0 Å². The van der Waals surface area contributed by atoms with E-state index in [0.29, 0.717) is 42.8 Å². The first-order valence-corrected chi connectivity index (χ1v) is 11.2. The van der Waals surface area contributed by atoms with E-state index in [-0.39, 0.29) is 11.8 Å². The fraction of sp³-hybridized carbons (Fsp3) is 0.400. The Kier molecular flexibility index (Phi) is 7.24. The van der Waals surface area contributed by atoms with Gasteiger partial charge in [-0.3, -0.25) is 9.69 Å². The SMILES string of the molecule is COc1ccc(-c2noc(CN3CCCC(C(=O)NCc4ccc(C)cc4)C3)n2)cc1OC. The molecular formula is C25H30N4O4. The summed E-state index contributed by atoms with van der Waals surface area (Å²) in [6, 6.07) is 13.7. The van der Waals surface area contributed by atoms with Crippen molar-refractivity contribution in [2.45, 2.75) is 32.9 Å². The maximum absolute atomic E-state index is 12.7. The van der Waals surface area contributed by atoms with Crippen molar-refractivity contribution >= 4 is 5.91 Å². The lowest BCUT2D eigenvalue weighted by Gasteiger charge is -2.30. The Morgan fingerprint density at radius 1 is 1.15 bits per heavy atom. The molecule has 0 spiro atoms. The molecule has 3 aromatic rings. The van der Waals surface area contributed by atoms with Crippen molar-refractivity contribution in [3.05, 3.63) is 59.5 Å². The average Bonchev–Trinajstić information content (AvgIpc) is 3.31. The summed E-state index contributed by atoms with van der Waals surface area (Å²) in [5.41, 5.74) is 3.10. The number of aryl methyl sites for hydroxylation is 1. The first kappa shape index (κ1) is 22.8. The van der Waals surface area contributed by atoms with Gasteiger partial charge in [0, 0.05) is 18.7 Å². The van der Waals surface area contributed by atoms with Gasteiger partial charge in [0.15, 0.2) is 11.5 Å². The van der Waals surface area contributed by atoms with Gasteiger partial charge in [0.2, 0.25) is 17.6 Å². The standard InChI is InChI=1S/C25H30N4O4/c1-17-6-8-18(9-7-17)14-26-25(30)20-5-4-12-29(15-20)16-23-27-24(28-33-23)19-10-11-21(31-2)22(13-19)32-3/h6-11,13,20H,4-5,12,14-16H2,1-3H3,(H,26,30). The topological polar surface area (TPSA) is 89.7 Å². The lowest BCUT2D eigenvalue weighted by Crippen LogP contribution is -2.42. The van der Waals surface area contributed by atoms with Crippen LogP contribution in [0, 0.1) is 12.8 Å².